The lowest BCUT2D eigenvalue weighted by Gasteiger charge is -2.34. The number of methoxy groups -OCH3 is 1. The van der Waals surface area contributed by atoms with Gasteiger partial charge in [0.05, 0.1) is 17.5 Å². The highest BCUT2D eigenvalue weighted by atomic mass is 16.5. The fraction of sp³-hybridized carbons (Fsp3) is 0.364. The zero-order valence-corrected chi connectivity index (χ0v) is 9.69. The Bertz CT molecular complexity index is 461. The van der Waals surface area contributed by atoms with Crippen LogP contribution in [0.4, 0.5) is 0 Å². The molecule has 1 atom stereocenters. The van der Waals surface area contributed by atoms with Crippen molar-refractivity contribution in [1.82, 2.24) is 15.1 Å². The zero-order valence-electron chi connectivity index (χ0n) is 9.69. The summed E-state index contributed by atoms with van der Waals surface area (Å²) >= 11 is 0. The molecule has 0 fully saturated rings. The molecule has 0 saturated carbocycles. The van der Waals surface area contributed by atoms with Gasteiger partial charge in [0.15, 0.2) is 0 Å². The van der Waals surface area contributed by atoms with Crippen LogP contribution in [0, 0.1) is 6.92 Å². The van der Waals surface area contributed by atoms with Crippen LogP contribution in [-0.4, -0.2) is 16.9 Å². The topological polar surface area (TPSA) is 65.1 Å². The van der Waals surface area contributed by atoms with E-state index in [-0.39, 0.29) is 0 Å². The van der Waals surface area contributed by atoms with Crippen molar-refractivity contribution in [2.75, 3.05) is 7.11 Å². The monoisotopic (exact) mass is 220 g/mol. The first-order valence-electron chi connectivity index (χ1n) is 5.06. The average molecular weight is 220 g/mol. The largest absolute Gasteiger partial charge is 0.398 e. The molecule has 1 unspecified atom stereocenters. The molecule has 86 valence electrons. The molecule has 0 spiro atoms. The molecule has 0 radical (unpaired) electrons. The van der Waals surface area contributed by atoms with Gasteiger partial charge in [0, 0.05) is 19.9 Å². The summed E-state index contributed by atoms with van der Waals surface area (Å²) in [6.45, 7) is 1.98. The van der Waals surface area contributed by atoms with E-state index in [1.54, 1.807) is 18.0 Å². The summed E-state index contributed by atoms with van der Waals surface area (Å²) in [7, 11) is 3.51. The molecule has 1 aromatic heterocycles. The first-order chi connectivity index (χ1) is 7.62. The Kier molecular flexibility index (Phi) is 2.47. The van der Waals surface area contributed by atoms with E-state index in [4.69, 9.17) is 10.5 Å². The normalized spacial score (nSPS) is 24.1. The lowest BCUT2D eigenvalue weighted by molar-refractivity contribution is -0.00362. The molecule has 0 bridgehead atoms. The second-order valence-electron chi connectivity index (χ2n) is 3.78. The van der Waals surface area contributed by atoms with Gasteiger partial charge in [-0.1, -0.05) is 0 Å². The minimum absolute atomic E-state index is 0.619. The highest BCUT2D eigenvalue weighted by Crippen LogP contribution is 2.31. The Balaban J connectivity index is 2.55. The second-order valence-corrected chi connectivity index (χ2v) is 3.78. The van der Waals surface area contributed by atoms with Gasteiger partial charge in [-0.2, -0.15) is 5.10 Å². The van der Waals surface area contributed by atoms with Gasteiger partial charge in [-0.3, -0.25) is 4.68 Å². The number of hydrogen-bond donors (Lipinski definition) is 2. The van der Waals surface area contributed by atoms with E-state index in [1.165, 1.54) is 0 Å². The van der Waals surface area contributed by atoms with Gasteiger partial charge in [-0.05, 0) is 25.3 Å². The summed E-state index contributed by atoms with van der Waals surface area (Å²) in [6, 6.07) is 0. The fourth-order valence-corrected chi connectivity index (χ4v) is 1.88. The maximum atomic E-state index is 6.02. The first-order valence-corrected chi connectivity index (χ1v) is 5.06. The van der Waals surface area contributed by atoms with E-state index in [0.29, 0.717) is 5.70 Å². The van der Waals surface area contributed by atoms with Crippen LogP contribution in [0.25, 0.3) is 0 Å². The van der Waals surface area contributed by atoms with Gasteiger partial charge in [-0.15, -0.1) is 0 Å². The third-order valence-electron chi connectivity index (χ3n) is 2.99. The molecule has 0 aliphatic carbocycles. The van der Waals surface area contributed by atoms with Crippen molar-refractivity contribution in [1.29, 1.82) is 0 Å². The summed E-state index contributed by atoms with van der Waals surface area (Å²) in [5, 5.41) is 7.36. The molecule has 5 heteroatoms. The molecule has 1 aliphatic heterocycles. The van der Waals surface area contributed by atoms with Crippen LogP contribution in [0.5, 0.6) is 0 Å². The number of aromatic nitrogens is 2. The maximum absolute atomic E-state index is 6.02. The molecule has 2 heterocycles. The van der Waals surface area contributed by atoms with Crippen LogP contribution < -0.4 is 11.1 Å². The number of dihydropyridines is 1. The minimum Gasteiger partial charge on any atom is -0.398 e. The van der Waals surface area contributed by atoms with Gasteiger partial charge in [-0.25, -0.2) is 0 Å². The third kappa shape index (κ3) is 1.32. The van der Waals surface area contributed by atoms with Crippen LogP contribution in [0.1, 0.15) is 11.3 Å². The number of nitrogens with zero attached hydrogens (tertiary/aromatic N) is 2. The summed E-state index contributed by atoms with van der Waals surface area (Å²) in [5.41, 5.74) is 7.78. The number of nitrogens with one attached hydrogen (secondary N) is 1. The van der Waals surface area contributed by atoms with Gasteiger partial charge < -0.3 is 15.8 Å². The van der Waals surface area contributed by atoms with Crippen LogP contribution in [0.3, 0.4) is 0 Å². The Morgan fingerprint density at radius 2 is 2.31 bits per heavy atom. The lowest BCUT2D eigenvalue weighted by atomic mass is 9.98. The van der Waals surface area contributed by atoms with E-state index in [2.05, 4.69) is 10.4 Å². The smallest absolute Gasteiger partial charge is 0.208 e. The Morgan fingerprint density at radius 1 is 1.56 bits per heavy atom. The van der Waals surface area contributed by atoms with Crippen molar-refractivity contribution in [3.8, 4) is 0 Å². The van der Waals surface area contributed by atoms with Crippen molar-refractivity contribution in [2.45, 2.75) is 12.6 Å². The lowest BCUT2D eigenvalue weighted by Crippen LogP contribution is -2.47. The summed E-state index contributed by atoms with van der Waals surface area (Å²) < 4.78 is 7.36. The van der Waals surface area contributed by atoms with E-state index in [9.17, 15) is 0 Å². The van der Waals surface area contributed by atoms with Gasteiger partial charge >= 0.3 is 0 Å². The van der Waals surface area contributed by atoms with Crippen LogP contribution >= 0.6 is 0 Å². The molecular formula is C11H16N4O. The molecule has 5 nitrogen and oxygen atoms in total. The Hall–Kier alpha value is -1.75. The van der Waals surface area contributed by atoms with E-state index in [1.807, 2.05) is 32.3 Å². The molecule has 2 rings (SSSR count). The molecule has 16 heavy (non-hydrogen) atoms. The number of rotatable bonds is 2. The van der Waals surface area contributed by atoms with E-state index < -0.39 is 5.72 Å². The van der Waals surface area contributed by atoms with Gasteiger partial charge in [0.2, 0.25) is 5.72 Å². The quantitative estimate of drug-likeness (QED) is 0.761. The molecule has 1 aliphatic rings. The predicted octanol–water partition coefficient (Wildman–Crippen LogP) is 0.487. The fourth-order valence-electron chi connectivity index (χ4n) is 1.88. The maximum Gasteiger partial charge on any atom is 0.208 e. The number of allylic oxidation sites excluding steroid dienone is 2. The summed E-state index contributed by atoms with van der Waals surface area (Å²) in [6.07, 6.45) is 7.25. The van der Waals surface area contributed by atoms with Crippen molar-refractivity contribution in [3.05, 3.63) is 41.5 Å². The second kappa shape index (κ2) is 3.68. The molecular weight excluding hydrogens is 204 g/mol. The molecule has 0 saturated heterocycles. The standard InChI is InChI=1S/C11H16N4O/c1-8-9(7-14-15(8)2)11(16-3)10(12)5-4-6-13-11/h4-7,13H,12H2,1-3H3. The zero-order chi connectivity index (χ0) is 11.8. The molecule has 1 aromatic rings. The van der Waals surface area contributed by atoms with Crippen molar-refractivity contribution < 1.29 is 4.74 Å². The highest BCUT2D eigenvalue weighted by molar-refractivity contribution is 5.37. The SMILES string of the molecule is COC1(c2cnn(C)c2C)NC=CC=C1N. The van der Waals surface area contributed by atoms with Crippen molar-refractivity contribution in [2.24, 2.45) is 12.8 Å². The molecule has 3 N–H and O–H groups in total. The Labute approximate surface area is 94.6 Å². The first kappa shape index (κ1) is 10.8. The number of ether oxygens (including phenoxy) is 1. The van der Waals surface area contributed by atoms with Gasteiger partial charge in [0.1, 0.15) is 0 Å². The highest BCUT2D eigenvalue weighted by Gasteiger charge is 2.38. The van der Waals surface area contributed by atoms with Crippen LogP contribution in [-0.2, 0) is 17.5 Å². The van der Waals surface area contributed by atoms with Gasteiger partial charge in [0.25, 0.3) is 0 Å². The van der Waals surface area contributed by atoms with Crippen molar-refractivity contribution in [3.63, 3.8) is 0 Å². The van der Waals surface area contributed by atoms with E-state index >= 15 is 0 Å². The number of hydrogen-bond acceptors (Lipinski definition) is 4. The number of nitrogens with two attached hydrogens (primary N) is 1. The minimum atomic E-state index is -0.799. The summed E-state index contributed by atoms with van der Waals surface area (Å²) in [4.78, 5) is 0. The molecule has 0 amide bonds. The van der Waals surface area contributed by atoms with Crippen LogP contribution in [0.15, 0.2) is 30.2 Å². The predicted molar refractivity (Wildman–Crippen MR) is 61.2 cm³/mol. The third-order valence-corrected chi connectivity index (χ3v) is 2.99. The molecule has 0 aromatic carbocycles. The number of aryl methyl sites for hydroxylation is 1. The van der Waals surface area contributed by atoms with Crippen LogP contribution in [0.2, 0.25) is 0 Å². The summed E-state index contributed by atoms with van der Waals surface area (Å²) in [5.74, 6) is 0. The average Bonchev–Trinajstić information content (AvgIpc) is 2.62. The van der Waals surface area contributed by atoms with E-state index in [0.717, 1.165) is 11.3 Å². The Morgan fingerprint density at radius 3 is 2.81 bits per heavy atom. The van der Waals surface area contributed by atoms with Crippen molar-refractivity contribution >= 4 is 0 Å².